The molecule has 1 saturated heterocycles. The van der Waals surface area contributed by atoms with Crippen LogP contribution in [0.3, 0.4) is 0 Å². The number of hydrogen-bond donors (Lipinski definition) is 2. The summed E-state index contributed by atoms with van der Waals surface area (Å²) in [6.07, 6.45) is 2.00. The minimum Gasteiger partial charge on any atom is -0.493 e. The maximum absolute atomic E-state index is 5.56. The molecule has 0 spiro atoms. The Morgan fingerprint density at radius 3 is 2.13 bits per heavy atom. The molecule has 2 N–H and O–H groups in total. The van der Waals surface area contributed by atoms with Crippen LogP contribution in [0.1, 0.15) is 25.3 Å². The smallest absolute Gasteiger partial charge is 0.203 e. The summed E-state index contributed by atoms with van der Waals surface area (Å²) in [7, 11) is 9.09. The van der Waals surface area contributed by atoms with Crippen LogP contribution in [-0.4, -0.2) is 78.1 Å². The summed E-state index contributed by atoms with van der Waals surface area (Å²) >= 11 is 0. The van der Waals surface area contributed by atoms with Crippen molar-refractivity contribution in [3.8, 4) is 17.2 Å². The second-order valence-corrected chi connectivity index (χ2v) is 7.31. The molecule has 1 aromatic carbocycles. The Balaban J connectivity index is 0.00000450. The van der Waals surface area contributed by atoms with Gasteiger partial charge in [-0.25, -0.2) is 4.99 Å². The molecular formula is C21H37IN4O4. The molecule has 172 valence electrons. The molecule has 9 heteroatoms. The standard InChI is InChI=1S/C21H36N4O4.HI/c1-7-22-20(24-15-21(25(2)3)8-10-29-11-9-21)23-14-16-12-17(26-4)19(28-6)18(13-16)27-5;/h12-13H,7-11,14-15H2,1-6H3,(H2,22,23,24);1H. The van der Waals surface area contributed by atoms with Gasteiger partial charge in [-0.05, 0) is 51.6 Å². The lowest BCUT2D eigenvalue weighted by atomic mass is 9.88. The van der Waals surface area contributed by atoms with Gasteiger partial charge in [0.1, 0.15) is 0 Å². The molecule has 1 aliphatic rings. The number of nitrogens with one attached hydrogen (secondary N) is 2. The van der Waals surface area contributed by atoms with E-state index in [9.17, 15) is 0 Å². The zero-order chi connectivity index (χ0) is 21.3. The van der Waals surface area contributed by atoms with Gasteiger partial charge in [-0.2, -0.15) is 0 Å². The molecule has 0 saturated carbocycles. The lowest BCUT2D eigenvalue weighted by Gasteiger charge is -2.43. The molecule has 30 heavy (non-hydrogen) atoms. The van der Waals surface area contributed by atoms with Gasteiger partial charge < -0.3 is 34.5 Å². The lowest BCUT2D eigenvalue weighted by molar-refractivity contribution is -0.00501. The number of ether oxygens (including phenoxy) is 4. The maximum atomic E-state index is 5.56. The Morgan fingerprint density at radius 1 is 1.07 bits per heavy atom. The number of halogens is 1. The van der Waals surface area contributed by atoms with E-state index < -0.39 is 0 Å². The molecule has 0 radical (unpaired) electrons. The van der Waals surface area contributed by atoms with Crippen LogP contribution in [0, 0.1) is 0 Å². The quantitative estimate of drug-likeness (QED) is 0.286. The molecular weight excluding hydrogens is 499 g/mol. The Bertz CT molecular complexity index is 654. The van der Waals surface area contributed by atoms with Crippen molar-refractivity contribution in [3.63, 3.8) is 0 Å². The highest BCUT2D eigenvalue weighted by atomic mass is 127. The summed E-state index contributed by atoms with van der Waals surface area (Å²) < 4.78 is 21.8. The van der Waals surface area contributed by atoms with Gasteiger partial charge in [-0.15, -0.1) is 24.0 Å². The van der Waals surface area contributed by atoms with E-state index in [0.29, 0.717) is 23.8 Å². The second-order valence-electron chi connectivity index (χ2n) is 7.31. The predicted octanol–water partition coefficient (Wildman–Crippen LogP) is 2.50. The molecule has 0 unspecified atom stereocenters. The van der Waals surface area contributed by atoms with Gasteiger partial charge in [-0.1, -0.05) is 0 Å². The third kappa shape index (κ3) is 6.78. The topological polar surface area (TPSA) is 76.6 Å². The van der Waals surface area contributed by atoms with Crippen molar-refractivity contribution in [3.05, 3.63) is 17.7 Å². The number of nitrogens with zero attached hydrogens (tertiary/aromatic N) is 2. The zero-order valence-corrected chi connectivity index (χ0v) is 21.4. The molecule has 1 aliphatic heterocycles. The lowest BCUT2D eigenvalue weighted by Crippen LogP contribution is -2.57. The number of benzene rings is 1. The molecule has 0 aromatic heterocycles. The van der Waals surface area contributed by atoms with Crippen molar-refractivity contribution in [2.45, 2.75) is 31.8 Å². The van der Waals surface area contributed by atoms with Crippen LogP contribution in [0.5, 0.6) is 17.2 Å². The molecule has 2 rings (SSSR count). The zero-order valence-electron chi connectivity index (χ0n) is 19.0. The van der Waals surface area contributed by atoms with E-state index >= 15 is 0 Å². The highest BCUT2D eigenvalue weighted by Crippen LogP contribution is 2.38. The summed E-state index contributed by atoms with van der Waals surface area (Å²) in [6, 6.07) is 3.85. The third-order valence-corrected chi connectivity index (χ3v) is 5.45. The summed E-state index contributed by atoms with van der Waals surface area (Å²) in [5, 5.41) is 6.85. The van der Waals surface area contributed by atoms with Crippen molar-refractivity contribution in [2.75, 3.05) is 61.7 Å². The highest BCUT2D eigenvalue weighted by molar-refractivity contribution is 14.0. The molecule has 8 nitrogen and oxygen atoms in total. The van der Waals surface area contributed by atoms with Crippen LogP contribution in [0.25, 0.3) is 0 Å². The first-order valence-electron chi connectivity index (χ1n) is 10.1. The first-order valence-corrected chi connectivity index (χ1v) is 10.1. The van der Waals surface area contributed by atoms with Crippen molar-refractivity contribution in [1.82, 2.24) is 15.5 Å². The van der Waals surface area contributed by atoms with Crippen molar-refractivity contribution in [2.24, 2.45) is 4.99 Å². The third-order valence-electron chi connectivity index (χ3n) is 5.45. The van der Waals surface area contributed by atoms with Gasteiger partial charge in [0.05, 0.1) is 27.9 Å². The molecule has 0 aliphatic carbocycles. The van der Waals surface area contributed by atoms with E-state index in [2.05, 4.69) is 36.6 Å². The van der Waals surface area contributed by atoms with Gasteiger partial charge >= 0.3 is 0 Å². The van der Waals surface area contributed by atoms with Gasteiger partial charge in [-0.3, -0.25) is 0 Å². The van der Waals surface area contributed by atoms with Gasteiger partial charge in [0.2, 0.25) is 5.75 Å². The van der Waals surface area contributed by atoms with Gasteiger partial charge in [0.25, 0.3) is 0 Å². The normalized spacial score (nSPS) is 15.9. The largest absolute Gasteiger partial charge is 0.493 e. The Hall–Kier alpha value is -1.46. The van der Waals surface area contributed by atoms with E-state index in [0.717, 1.165) is 50.7 Å². The fourth-order valence-electron chi connectivity index (χ4n) is 3.52. The molecule has 1 heterocycles. The van der Waals surface area contributed by atoms with Crippen molar-refractivity contribution >= 4 is 29.9 Å². The average molecular weight is 536 g/mol. The van der Waals surface area contributed by atoms with Crippen LogP contribution >= 0.6 is 24.0 Å². The highest BCUT2D eigenvalue weighted by Gasteiger charge is 2.34. The number of methoxy groups -OCH3 is 3. The molecule has 0 bridgehead atoms. The van der Waals surface area contributed by atoms with Gasteiger partial charge in [0.15, 0.2) is 17.5 Å². The molecule has 0 amide bonds. The number of guanidine groups is 1. The second kappa shape index (κ2) is 13.1. The molecule has 1 fully saturated rings. The number of aliphatic imine (C=N–C) groups is 1. The SMILES string of the molecule is CCNC(=NCc1cc(OC)c(OC)c(OC)c1)NCC1(N(C)C)CCOCC1.I. The molecule has 1 aromatic rings. The number of hydrogen-bond acceptors (Lipinski definition) is 6. The summed E-state index contributed by atoms with van der Waals surface area (Å²) in [5.41, 5.74) is 1.05. The molecule has 0 atom stereocenters. The first-order chi connectivity index (χ1) is 14.0. The fraction of sp³-hybridized carbons (Fsp3) is 0.667. The minimum absolute atomic E-state index is 0. The van der Waals surface area contributed by atoms with Crippen LogP contribution < -0.4 is 24.8 Å². The average Bonchev–Trinajstić information content (AvgIpc) is 2.75. The van der Waals surface area contributed by atoms with Gasteiger partial charge in [0, 0.05) is 31.8 Å². The van der Waals surface area contributed by atoms with Crippen molar-refractivity contribution in [1.29, 1.82) is 0 Å². The maximum Gasteiger partial charge on any atom is 0.203 e. The van der Waals surface area contributed by atoms with Crippen LogP contribution in [-0.2, 0) is 11.3 Å². The van der Waals surface area contributed by atoms with Crippen LogP contribution in [0.15, 0.2) is 17.1 Å². The Labute approximate surface area is 197 Å². The number of rotatable bonds is 9. The first kappa shape index (κ1) is 26.6. The van der Waals surface area contributed by atoms with E-state index in [4.69, 9.17) is 23.9 Å². The summed E-state index contributed by atoms with van der Waals surface area (Å²) in [6.45, 7) is 5.73. The van der Waals surface area contributed by atoms with Crippen molar-refractivity contribution < 1.29 is 18.9 Å². The predicted molar refractivity (Wildman–Crippen MR) is 131 cm³/mol. The number of likely N-dealkylation sites (N-methyl/N-ethyl adjacent to an activating group) is 1. The van der Waals surface area contributed by atoms with E-state index in [1.165, 1.54) is 0 Å². The van der Waals surface area contributed by atoms with Crippen LogP contribution in [0.4, 0.5) is 0 Å². The minimum atomic E-state index is 0. The fourth-order valence-corrected chi connectivity index (χ4v) is 3.52. The summed E-state index contributed by atoms with van der Waals surface area (Å²) in [5.74, 6) is 2.63. The van der Waals surface area contributed by atoms with Crippen LogP contribution in [0.2, 0.25) is 0 Å². The van der Waals surface area contributed by atoms with E-state index in [-0.39, 0.29) is 29.5 Å². The Kier molecular flexibility index (Phi) is 11.6. The monoisotopic (exact) mass is 536 g/mol. The van der Waals surface area contributed by atoms with E-state index in [1.807, 2.05) is 12.1 Å². The van der Waals surface area contributed by atoms with E-state index in [1.54, 1.807) is 21.3 Å². The summed E-state index contributed by atoms with van der Waals surface area (Å²) in [4.78, 5) is 7.05. The Morgan fingerprint density at radius 2 is 1.67 bits per heavy atom.